The average Bonchev–Trinajstić information content (AvgIpc) is 2.72. The highest BCUT2D eigenvalue weighted by molar-refractivity contribution is 7.89. The number of nitrogens with zero attached hydrogens (tertiary/aromatic N) is 3. The van der Waals surface area contributed by atoms with Crippen molar-refractivity contribution in [3.8, 4) is 0 Å². The van der Waals surface area contributed by atoms with E-state index in [1.54, 1.807) is 0 Å². The molecule has 0 aliphatic carbocycles. The predicted octanol–water partition coefficient (Wildman–Crippen LogP) is 3.19. The van der Waals surface area contributed by atoms with Gasteiger partial charge in [0.05, 0.1) is 16.5 Å². The molecule has 2 saturated heterocycles. The van der Waals surface area contributed by atoms with Gasteiger partial charge in [0.15, 0.2) is 0 Å². The van der Waals surface area contributed by atoms with Gasteiger partial charge in [-0.2, -0.15) is 17.5 Å². The second kappa shape index (κ2) is 9.07. The molecule has 6 nitrogen and oxygen atoms in total. The average molecular weight is 462 g/mol. The van der Waals surface area contributed by atoms with E-state index >= 15 is 0 Å². The van der Waals surface area contributed by atoms with Crippen molar-refractivity contribution in [1.29, 1.82) is 0 Å². The van der Waals surface area contributed by atoms with Gasteiger partial charge in [0.1, 0.15) is 0 Å². The molecule has 0 bridgehead atoms. The maximum Gasteiger partial charge on any atom is 0.416 e. The van der Waals surface area contributed by atoms with E-state index in [4.69, 9.17) is 0 Å². The fourth-order valence-electron chi connectivity index (χ4n) is 4.54. The van der Waals surface area contributed by atoms with E-state index in [0.717, 1.165) is 31.4 Å². The molecule has 2 heterocycles. The molecule has 2 fully saturated rings. The lowest BCUT2D eigenvalue weighted by Crippen LogP contribution is -2.58. The first-order valence-corrected chi connectivity index (χ1v) is 12.1. The Hall–Kier alpha value is -1.65. The summed E-state index contributed by atoms with van der Waals surface area (Å²) in [6.45, 7) is 6.90. The molecule has 2 aliphatic rings. The minimum Gasteiger partial charge on any atom is -0.336 e. The number of amides is 1. The first-order valence-electron chi connectivity index (χ1n) is 10.7. The van der Waals surface area contributed by atoms with Crippen LogP contribution in [0, 0.1) is 0 Å². The van der Waals surface area contributed by atoms with Crippen LogP contribution < -0.4 is 0 Å². The standard InChI is InChI=1S/C21H30F3N3O3S/c1-15-6-4-7-16(2)27(15)20(28)17(3)25-10-12-26(13-11-25)31(29,30)19-9-5-8-18(14-19)21(22,23)24/h5,8-9,14-17H,4,6-7,10-13H2,1-3H3. The Morgan fingerprint density at radius 2 is 1.65 bits per heavy atom. The summed E-state index contributed by atoms with van der Waals surface area (Å²) in [5.74, 6) is 0.0499. The van der Waals surface area contributed by atoms with Crippen LogP contribution in [-0.2, 0) is 21.0 Å². The van der Waals surface area contributed by atoms with Crippen LogP contribution in [0.15, 0.2) is 29.2 Å². The summed E-state index contributed by atoms with van der Waals surface area (Å²) in [4.78, 5) is 16.6. The molecule has 0 N–H and O–H groups in total. The summed E-state index contributed by atoms with van der Waals surface area (Å²) in [5, 5.41) is 0. The summed E-state index contributed by atoms with van der Waals surface area (Å²) in [6.07, 6.45) is -1.55. The highest BCUT2D eigenvalue weighted by atomic mass is 32.2. The van der Waals surface area contributed by atoms with Crippen LogP contribution in [0.5, 0.6) is 0 Å². The highest BCUT2D eigenvalue weighted by Gasteiger charge is 2.37. The number of hydrogen-bond acceptors (Lipinski definition) is 4. The van der Waals surface area contributed by atoms with E-state index in [2.05, 4.69) is 13.8 Å². The molecular formula is C21H30F3N3O3S. The molecular weight excluding hydrogens is 431 g/mol. The highest BCUT2D eigenvalue weighted by Crippen LogP contribution is 2.31. The maximum atomic E-state index is 13.1. The molecule has 2 aliphatic heterocycles. The Morgan fingerprint density at radius 3 is 2.19 bits per heavy atom. The fourth-order valence-corrected chi connectivity index (χ4v) is 6.01. The Morgan fingerprint density at radius 1 is 1.06 bits per heavy atom. The molecule has 0 saturated carbocycles. The smallest absolute Gasteiger partial charge is 0.336 e. The molecule has 31 heavy (non-hydrogen) atoms. The van der Waals surface area contributed by atoms with Gasteiger partial charge < -0.3 is 4.90 Å². The van der Waals surface area contributed by atoms with E-state index in [-0.39, 0.29) is 42.0 Å². The van der Waals surface area contributed by atoms with Crippen molar-refractivity contribution < 1.29 is 26.4 Å². The van der Waals surface area contributed by atoms with Gasteiger partial charge in [-0.15, -0.1) is 0 Å². The van der Waals surface area contributed by atoms with Crippen molar-refractivity contribution in [2.24, 2.45) is 0 Å². The number of halogens is 3. The molecule has 3 unspecified atom stereocenters. The molecule has 1 amide bonds. The van der Waals surface area contributed by atoms with Crippen LogP contribution in [0.25, 0.3) is 0 Å². The Bertz CT molecular complexity index is 889. The number of likely N-dealkylation sites (tertiary alicyclic amines) is 1. The van der Waals surface area contributed by atoms with Crippen molar-refractivity contribution in [3.05, 3.63) is 29.8 Å². The van der Waals surface area contributed by atoms with Crippen molar-refractivity contribution in [1.82, 2.24) is 14.1 Å². The van der Waals surface area contributed by atoms with Crippen LogP contribution >= 0.6 is 0 Å². The zero-order valence-electron chi connectivity index (χ0n) is 18.1. The quantitative estimate of drug-likeness (QED) is 0.691. The maximum absolute atomic E-state index is 13.1. The second-order valence-electron chi connectivity index (χ2n) is 8.52. The fraction of sp³-hybridized carbons (Fsp3) is 0.667. The second-order valence-corrected chi connectivity index (χ2v) is 10.5. The first kappa shape index (κ1) is 24.0. The van der Waals surface area contributed by atoms with E-state index in [1.807, 2.05) is 16.7 Å². The van der Waals surface area contributed by atoms with Gasteiger partial charge in [-0.05, 0) is 58.2 Å². The van der Waals surface area contributed by atoms with E-state index in [1.165, 1.54) is 10.4 Å². The van der Waals surface area contributed by atoms with Gasteiger partial charge in [0.2, 0.25) is 15.9 Å². The summed E-state index contributed by atoms with van der Waals surface area (Å²) in [5.41, 5.74) is -0.990. The first-order chi connectivity index (χ1) is 14.4. The minimum absolute atomic E-state index is 0.0499. The van der Waals surface area contributed by atoms with Gasteiger partial charge in [-0.25, -0.2) is 8.42 Å². The van der Waals surface area contributed by atoms with Crippen molar-refractivity contribution in [2.75, 3.05) is 26.2 Å². The topological polar surface area (TPSA) is 60.9 Å². The van der Waals surface area contributed by atoms with Crippen molar-refractivity contribution in [3.63, 3.8) is 0 Å². The number of benzene rings is 1. The number of carbonyl (C=O) groups excluding carboxylic acids is 1. The van der Waals surface area contributed by atoms with Crippen LogP contribution in [0.2, 0.25) is 0 Å². The van der Waals surface area contributed by atoms with E-state index in [9.17, 15) is 26.4 Å². The third-order valence-corrected chi connectivity index (χ3v) is 8.32. The molecule has 0 spiro atoms. The summed E-state index contributed by atoms with van der Waals surface area (Å²) >= 11 is 0. The van der Waals surface area contributed by atoms with Gasteiger partial charge in [-0.3, -0.25) is 9.69 Å². The monoisotopic (exact) mass is 461 g/mol. The van der Waals surface area contributed by atoms with Crippen LogP contribution in [0.1, 0.15) is 45.6 Å². The van der Waals surface area contributed by atoms with Gasteiger partial charge in [-0.1, -0.05) is 6.07 Å². The Kier molecular flexibility index (Phi) is 7.02. The molecule has 1 aromatic carbocycles. The summed E-state index contributed by atoms with van der Waals surface area (Å²) in [6, 6.07) is 3.80. The number of piperidine rings is 1. The molecule has 10 heteroatoms. The normalized spacial score (nSPS) is 25.4. The third kappa shape index (κ3) is 5.06. The zero-order valence-corrected chi connectivity index (χ0v) is 18.9. The number of carbonyl (C=O) groups is 1. The molecule has 1 aromatic rings. The van der Waals surface area contributed by atoms with Gasteiger partial charge in [0.25, 0.3) is 0 Å². The van der Waals surface area contributed by atoms with Gasteiger partial charge in [0, 0.05) is 38.3 Å². The molecule has 0 radical (unpaired) electrons. The lowest BCUT2D eigenvalue weighted by atomic mass is 9.96. The number of rotatable bonds is 4. The molecule has 3 atom stereocenters. The summed E-state index contributed by atoms with van der Waals surface area (Å²) < 4.78 is 65.9. The molecule has 174 valence electrons. The lowest BCUT2D eigenvalue weighted by Gasteiger charge is -2.43. The van der Waals surface area contributed by atoms with Gasteiger partial charge >= 0.3 is 6.18 Å². The number of sulfonamides is 1. The largest absolute Gasteiger partial charge is 0.416 e. The SMILES string of the molecule is CC(C(=O)N1C(C)CCCC1C)N1CCN(S(=O)(=O)c2cccc(C(F)(F)F)c2)CC1. The number of hydrogen-bond donors (Lipinski definition) is 0. The number of alkyl halides is 3. The van der Waals surface area contributed by atoms with Crippen LogP contribution in [0.3, 0.4) is 0 Å². The minimum atomic E-state index is -4.61. The predicted molar refractivity (Wildman–Crippen MR) is 111 cm³/mol. The summed E-state index contributed by atoms with van der Waals surface area (Å²) in [7, 11) is -4.04. The van der Waals surface area contributed by atoms with Crippen LogP contribution in [-0.4, -0.2) is 72.7 Å². The molecule has 3 rings (SSSR count). The van der Waals surface area contributed by atoms with E-state index < -0.39 is 21.8 Å². The number of piperazine rings is 1. The van der Waals surface area contributed by atoms with Crippen molar-refractivity contribution in [2.45, 2.75) is 69.2 Å². The third-order valence-electron chi connectivity index (χ3n) is 6.43. The zero-order chi connectivity index (χ0) is 23.0. The Balaban J connectivity index is 1.67. The van der Waals surface area contributed by atoms with Crippen LogP contribution in [0.4, 0.5) is 13.2 Å². The Labute approximate surface area is 182 Å². The lowest BCUT2D eigenvalue weighted by molar-refractivity contribution is -0.143. The van der Waals surface area contributed by atoms with Crippen molar-refractivity contribution >= 4 is 15.9 Å². The van der Waals surface area contributed by atoms with E-state index in [0.29, 0.717) is 19.2 Å². The molecule has 0 aromatic heterocycles.